The van der Waals surface area contributed by atoms with Crippen LogP contribution in [0, 0.1) is 0 Å². The summed E-state index contributed by atoms with van der Waals surface area (Å²) in [6.45, 7) is 1.91. The highest BCUT2D eigenvalue weighted by Gasteiger charge is 2.18. The molecule has 8 heteroatoms. The Bertz CT molecular complexity index is 763. The van der Waals surface area contributed by atoms with Crippen LogP contribution in [0.15, 0.2) is 34.1 Å². The number of amides is 2. The normalized spacial score (nSPS) is 11.5. The first-order valence-corrected chi connectivity index (χ1v) is 9.11. The molecule has 0 saturated heterocycles. The first kappa shape index (κ1) is 19.3. The third-order valence-electron chi connectivity index (χ3n) is 3.48. The molecule has 0 fully saturated rings. The second kappa shape index (κ2) is 8.87. The van der Waals surface area contributed by atoms with E-state index in [9.17, 15) is 9.59 Å². The molecule has 0 radical (unpaired) electrons. The van der Waals surface area contributed by atoms with Crippen molar-refractivity contribution >= 4 is 39.1 Å². The number of hydrogen-bond acceptors (Lipinski definition) is 5. The minimum Gasteiger partial charge on any atom is -0.493 e. The van der Waals surface area contributed by atoms with Crippen molar-refractivity contribution in [3.8, 4) is 11.5 Å². The van der Waals surface area contributed by atoms with Gasteiger partial charge in [0.15, 0.2) is 11.5 Å². The van der Waals surface area contributed by atoms with Gasteiger partial charge in [0, 0.05) is 12.1 Å². The van der Waals surface area contributed by atoms with Gasteiger partial charge in [0.1, 0.15) is 6.04 Å². The summed E-state index contributed by atoms with van der Waals surface area (Å²) in [5.74, 6) is 0.607. The molecule has 25 heavy (non-hydrogen) atoms. The third-order valence-corrected chi connectivity index (χ3v) is 5.10. The Morgan fingerprint density at radius 1 is 1.20 bits per heavy atom. The number of para-hydroxylation sites is 1. The molecule has 0 saturated carbocycles. The van der Waals surface area contributed by atoms with Crippen molar-refractivity contribution in [2.45, 2.75) is 19.5 Å². The van der Waals surface area contributed by atoms with E-state index in [0.29, 0.717) is 16.4 Å². The Labute approximate surface area is 158 Å². The molecule has 1 aromatic heterocycles. The SMILES string of the molecule is COc1cccc(CNC(=O)C(C)NC(=O)c2ccc(Br)s2)c1OC. The number of halogens is 1. The molecule has 0 aliphatic rings. The number of carbonyl (C=O) groups is 2. The van der Waals surface area contributed by atoms with Gasteiger partial charge < -0.3 is 20.1 Å². The van der Waals surface area contributed by atoms with Crippen LogP contribution in [-0.2, 0) is 11.3 Å². The van der Waals surface area contributed by atoms with Crippen molar-refractivity contribution in [3.05, 3.63) is 44.6 Å². The van der Waals surface area contributed by atoms with Gasteiger partial charge >= 0.3 is 0 Å². The van der Waals surface area contributed by atoms with E-state index in [-0.39, 0.29) is 18.4 Å². The summed E-state index contributed by atoms with van der Waals surface area (Å²) in [5.41, 5.74) is 0.788. The van der Waals surface area contributed by atoms with Crippen molar-refractivity contribution in [1.82, 2.24) is 10.6 Å². The number of rotatable bonds is 7. The monoisotopic (exact) mass is 426 g/mol. The summed E-state index contributed by atoms with van der Waals surface area (Å²) < 4.78 is 11.4. The number of hydrogen-bond donors (Lipinski definition) is 2. The Morgan fingerprint density at radius 2 is 1.96 bits per heavy atom. The maximum atomic E-state index is 12.2. The number of benzene rings is 1. The third kappa shape index (κ3) is 4.96. The molecule has 0 spiro atoms. The molecular formula is C17H19BrN2O4S. The topological polar surface area (TPSA) is 76.7 Å². The molecule has 2 N–H and O–H groups in total. The van der Waals surface area contributed by atoms with Crippen LogP contribution < -0.4 is 20.1 Å². The average Bonchev–Trinajstić information content (AvgIpc) is 3.05. The van der Waals surface area contributed by atoms with Crippen molar-refractivity contribution < 1.29 is 19.1 Å². The van der Waals surface area contributed by atoms with E-state index in [4.69, 9.17) is 9.47 Å². The minimum absolute atomic E-state index is 0.268. The molecule has 2 rings (SSSR count). The van der Waals surface area contributed by atoms with Crippen LogP contribution in [0.2, 0.25) is 0 Å². The van der Waals surface area contributed by atoms with Crippen LogP contribution in [0.1, 0.15) is 22.2 Å². The predicted octanol–water partition coefficient (Wildman–Crippen LogP) is 2.96. The number of carbonyl (C=O) groups excluding carboxylic acids is 2. The molecule has 0 aliphatic heterocycles. The van der Waals surface area contributed by atoms with Crippen LogP contribution in [-0.4, -0.2) is 32.1 Å². The van der Waals surface area contributed by atoms with Gasteiger partial charge in [0.25, 0.3) is 5.91 Å². The van der Waals surface area contributed by atoms with Crippen molar-refractivity contribution in [3.63, 3.8) is 0 Å². The second-order valence-electron chi connectivity index (χ2n) is 5.17. The van der Waals surface area contributed by atoms with Crippen LogP contribution in [0.25, 0.3) is 0 Å². The quantitative estimate of drug-likeness (QED) is 0.713. The van der Waals surface area contributed by atoms with E-state index in [1.54, 1.807) is 39.3 Å². The number of nitrogens with one attached hydrogen (secondary N) is 2. The van der Waals surface area contributed by atoms with Gasteiger partial charge in [-0.25, -0.2) is 0 Å². The smallest absolute Gasteiger partial charge is 0.262 e. The van der Waals surface area contributed by atoms with Crippen LogP contribution in [0.3, 0.4) is 0 Å². The van der Waals surface area contributed by atoms with E-state index in [1.807, 2.05) is 12.1 Å². The lowest BCUT2D eigenvalue weighted by Crippen LogP contribution is -2.44. The minimum atomic E-state index is -0.662. The van der Waals surface area contributed by atoms with Gasteiger partial charge in [-0.1, -0.05) is 12.1 Å². The molecule has 134 valence electrons. The van der Waals surface area contributed by atoms with Crippen molar-refractivity contribution in [2.24, 2.45) is 0 Å². The standard InChI is InChI=1S/C17H19BrN2O4S/c1-10(20-17(22)13-7-8-14(18)25-13)16(21)19-9-11-5-4-6-12(23-2)15(11)24-3/h4-8,10H,9H2,1-3H3,(H,19,21)(H,20,22). The van der Waals surface area contributed by atoms with E-state index in [2.05, 4.69) is 26.6 Å². The van der Waals surface area contributed by atoms with Gasteiger partial charge in [0.2, 0.25) is 5.91 Å². The Hall–Kier alpha value is -2.06. The highest BCUT2D eigenvalue weighted by Crippen LogP contribution is 2.30. The summed E-state index contributed by atoms with van der Waals surface area (Å²) in [4.78, 5) is 24.9. The lowest BCUT2D eigenvalue weighted by Gasteiger charge is -2.16. The Balaban J connectivity index is 1.95. The first-order valence-electron chi connectivity index (χ1n) is 7.50. The molecule has 0 bridgehead atoms. The fourth-order valence-electron chi connectivity index (χ4n) is 2.20. The summed E-state index contributed by atoms with van der Waals surface area (Å²) in [5, 5.41) is 5.47. The zero-order valence-electron chi connectivity index (χ0n) is 14.1. The Morgan fingerprint density at radius 3 is 2.56 bits per heavy atom. The highest BCUT2D eigenvalue weighted by molar-refractivity contribution is 9.11. The predicted molar refractivity (Wildman–Crippen MR) is 100 cm³/mol. The largest absolute Gasteiger partial charge is 0.493 e. The van der Waals surface area contributed by atoms with Gasteiger partial charge in [0.05, 0.1) is 22.9 Å². The maximum Gasteiger partial charge on any atom is 0.262 e. The zero-order chi connectivity index (χ0) is 18.4. The van der Waals surface area contributed by atoms with Crippen molar-refractivity contribution in [2.75, 3.05) is 14.2 Å². The molecule has 2 aromatic rings. The highest BCUT2D eigenvalue weighted by atomic mass is 79.9. The molecule has 1 heterocycles. The molecule has 2 amide bonds. The molecular weight excluding hydrogens is 408 g/mol. The number of methoxy groups -OCH3 is 2. The fraction of sp³-hybridized carbons (Fsp3) is 0.294. The summed E-state index contributed by atoms with van der Waals surface area (Å²) in [6.07, 6.45) is 0. The zero-order valence-corrected chi connectivity index (χ0v) is 16.5. The van der Waals surface area contributed by atoms with Gasteiger partial charge in [-0.2, -0.15) is 0 Å². The van der Waals surface area contributed by atoms with E-state index in [0.717, 1.165) is 9.35 Å². The summed E-state index contributed by atoms with van der Waals surface area (Å²) >= 11 is 4.62. The number of ether oxygens (including phenoxy) is 2. The lowest BCUT2D eigenvalue weighted by atomic mass is 10.1. The molecule has 1 aromatic carbocycles. The van der Waals surface area contributed by atoms with E-state index >= 15 is 0 Å². The fourth-order valence-corrected chi connectivity index (χ4v) is 3.49. The van der Waals surface area contributed by atoms with Crippen LogP contribution >= 0.6 is 27.3 Å². The van der Waals surface area contributed by atoms with E-state index < -0.39 is 6.04 Å². The van der Waals surface area contributed by atoms with Crippen LogP contribution in [0.5, 0.6) is 11.5 Å². The second-order valence-corrected chi connectivity index (χ2v) is 7.63. The summed E-state index contributed by atoms with van der Waals surface area (Å²) in [6, 6.07) is 8.28. The molecule has 1 atom stereocenters. The first-order chi connectivity index (χ1) is 12.0. The lowest BCUT2D eigenvalue weighted by molar-refractivity contribution is -0.122. The van der Waals surface area contributed by atoms with Crippen LogP contribution in [0.4, 0.5) is 0 Å². The number of thiophene rings is 1. The average molecular weight is 427 g/mol. The molecule has 0 aliphatic carbocycles. The van der Waals surface area contributed by atoms with Gasteiger partial charge in [-0.05, 0) is 41.1 Å². The maximum absolute atomic E-state index is 12.2. The molecule has 6 nitrogen and oxygen atoms in total. The van der Waals surface area contributed by atoms with E-state index in [1.165, 1.54) is 11.3 Å². The summed E-state index contributed by atoms with van der Waals surface area (Å²) in [7, 11) is 3.10. The van der Waals surface area contributed by atoms with Gasteiger partial charge in [-0.15, -0.1) is 11.3 Å². The van der Waals surface area contributed by atoms with Crippen molar-refractivity contribution in [1.29, 1.82) is 0 Å². The van der Waals surface area contributed by atoms with Gasteiger partial charge in [-0.3, -0.25) is 9.59 Å². The Kier molecular flexibility index (Phi) is 6.83. The molecule has 1 unspecified atom stereocenters.